The van der Waals surface area contributed by atoms with Crippen molar-refractivity contribution in [2.45, 2.75) is 37.9 Å². The van der Waals surface area contributed by atoms with Gasteiger partial charge in [0.05, 0.1) is 71.3 Å². The van der Waals surface area contributed by atoms with E-state index in [9.17, 15) is 28.6 Å². The summed E-state index contributed by atoms with van der Waals surface area (Å²) in [5, 5.41) is 52.1. The number of carbonyl (C=O) groups is 2. The predicted molar refractivity (Wildman–Crippen MR) is 270 cm³/mol. The third-order valence-electron chi connectivity index (χ3n) is 10.8. The number of benzene rings is 4. The fourth-order valence-electron chi connectivity index (χ4n) is 7.07. The monoisotopic (exact) mass is 1010 g/mol. The van der Waals surface area contributed by atoms with Gasteiger partial charge in [-0.05, 0) is 79.2 Å². The van der Waals surface area contributed by atoms with Gasteiger partial charge in [0.15, 0.2) is 28.8 Å². The predicted octanol–water partition coefficient (Wildman–Crippen LogP) is 9.82. The number of rotatable bonds is 20. The molecule has 2 atom stereocenters. The first kappa shape index (κ1) is 53.5. The molecule has 8 aromatic rings. The molecule has 0 amide bonds. The number of hydrogen-bond donors (Lipinski definition) is 6. The van der Waals surface area contributed by atoms with Gasteiger partial charge >= 0.3 is 5.97 Å². The van der Waals surface area contributed by atoms with Crippen molar-refractivity contribution < 1.29 is 62.8 Å². The van der Waals surface area contributed by atoms with Crippen LogP contribution >= 0.6 is 22.7 Å². The lowest BCUT2D eigenvalue weighted by Gasteiger charge is -2.13. The molecule has 0 aliphatic carbocycles. The Bertz CT molecular complexity index is 3040. The molecule has 4 heterocycles. The van der Waals surface area contributed by atoms with Crippen molar-refractivity contribution in [3.8, 4) is 45.5 Å². The van der Waals surface area contributed by atoms with Crippen LogP contribution in [0.1, 0.15) is 70.0 Å². The molecule has 0 bridgehead atoms. The number of hydrogen-bond acceptors (Lipinski definition) is 15. The van der Waals surface area contributed by atoms with E-state index in [4.69, 9.17) is 40.0 Å². The standard InChI is InChI=1S/C27H26FNO5S.C15H13FN2OS.C11H14O5/c1-33-26-15-17(9-12-25(26)34-14-4-13-30)23(31)10-11-24(32)22-8-3-7-21(29-22)19-16-35-27-18(19)5-2-6-20(27)28;16-11-4-1-3-9-10(8-20-15(9)11)12-5-2-6-13(18-12)14(19)7-17;1-15-10-7-8(11(13)14)3-4-9(10)16-6-2-5-12/h2-3,5-9,12,15-16,24,30,32H,4,10-11,13-14H2,1H3;1-6,8,14,19H,7,17H2;3-4,7,12H,2,5-6H2,1H3,(H,13,14). The molecule has 4 aromatic carbocycles. The highest BCUT2D eigenvalue weighted by Gasteiger charge is 2.18. The zero-order valence-electron chi connectivity index (χ0n) is 38.8. The molecule has 4 aromatic heterocycles. The van der Waals surface area contributed by atoms with E-state index in [1.165, 1.54) is 61.2 Å². The molecule has 18 heteroatoms. The highest BCUT2D eigenvalue weighted by Crippen LogP contribution is 2.37. The van der Waals surface area contributed by atoms with Crippen LogP contribution in [0.4, 0.5) is 8.78 Å². The number of pyridine rings is 2. The highest BCUT2D eigenvalue weighted by atomic mass is 32.1. The third-order valence-corrected chi connectivity index (χ3v) is 12.8. The van der Waals surface area contributed by atoms with E-state index in [1.807, 2.05) is 41.1 Å². The van der Waals surface area contributed by atoms with E-state index in [0.717, 1.165) is 21.9 Å². The normalized spacial score (nSPS) is 11.7. The number of carboxylic acids is 1. The Morgan fingerprint density at radius 1 is 0.634 bits per heavy atom. The fraction of sp³-hybridized carbons (Fsp3) is 0.245. The minimum Gasteiger partial charge on any atom is -0.493 e. The molecule has 14 nitrogen and oxygen atoms in total. The van der Waals surface area contributed by atoms with E-state index < -0.39 is 18.2 Å². The number of nitrogens with zero attached hydrogens (tertiary/aromatic N) is 2. The molecule has 0 saturated heterocycles. The van der Waals surface area contributed by atoms with Crippen LogP contribution in [0.3, 0.4) is 0 Å². The summed E-state index contributed by atoms with van der Waals surface area (Å²) >= 11 is 2.67. The SMILES string of the molecule is COc1cc(C(=O)CCC(O)c2cccc(-c3csc4c(F)cccc34)n2)ccc1OCCCO.COc1cc(C(=O)O)ccc1OCCCO.NCC(O)c1cccc(-c2csc3c(F)cccc23)n1. The Morgan fingerprint density at radius 3 is 1.56 bits per heavy atom. The molecule has 2 unspecified atom stereocenters. The summed E-state index contributed by atoms with van der Waals surface area (Å²) in [6.45, 7) is 0.903. The van der Waals surface area contributed by atoms with E-state index in [2.05, 4.69) is 9.97 Å². The highest BCUT2D eigenvalue weighted by molar-refractivity contribution is 7.18. The van der Waals surface area contributed by atoms with Crippen LogP contribution in [-0.4, -0.2) is 94.4 Å². The number of aromatic carboxylic acids is 1. The van der Waals surface area contributed by atoms with Gasteiger partial charge in [-0.25, -0.2) is 18.6 Å². The van der Waals surface area contributed by atoms with Crippen molar-refractivity contribution in [3.63, 3.8) is 0 Å². The molecule has 372 valence electrons. The summed E-state index contributed by atoms with van der Waals surface area (Å²) in [6, 6.07) is 30.0. The van der Waals surface area contributed by atoms with Crippen molar-refractivity contribution in [2.75, 3.05) is 47.2 Å². The van der Waals surface area contributed by atoms with Crippen LogP contribution in [0.25, 0.3) is 42.7 Å². The number of Topliss-reactive ketones (excluding diaryl/α,β-unsaturated/α-hetero) is 1. The molecule has 0 fully saturated rings. The van der Waals surface area contributed by atoms with Crippen LogP contribution in [0.15, 0.2) is 120 Å². The molecule has 0 saturated carbocycles. The molecule has 0 aliphatic heterocycles. The largest absolute Gasteiger partial charge is 0.493 e. The second-order valence-electron chi connectivity index (χ2n) is 15.5. The zero-order valence-corrected chi connectivity index (χ0v) is 40.4. The van der Waals surface area contributed by atoms with Gasteiger partial charge in [-0.15, -0.1) is 22.7 Å². The van der Waals surface area contributed by atoms with E-state index in [1.54, 1.807) is 54.6 Å². The minimum atomic E-state index is -1.01. The first-order chi connectivity index (χ1) is 34.4. The Morgan fingerprint density at radius 2 is 1.10 bits per heavy atom. The molecular weight excluding hydrogens is 957 g/mol. The van der Waals surface area contributed by atoms with Crippen molar-refractivity contribution in [1.29, 1.82) is 0 Å². The molecule has 0 spiro atoms. The molecule has 8 rings (SSSR count). The van der Waals surface area contributed by atoms with E-state index in [0.29, 0.717) is 86.8 Å². The fourth-order valence-corrected chi connectivity index (χ4v) is 9.01. The summed E-state index contributed by atoms with van der Waals surface area (Å²) in [4.78, 5) is 32.5. The van der Waals surface area contributed by atoms with Crippen LogP contribution in [0.2, 0.25) is 0 Å². The van der Waals surface area contributed by atoms with Crippen molar-refractivity contribution in [2.24, 2.45) is 5.73 Å². The zero-order chi connectivity index (χ0) is 50.9. The summed E-state index contributed by atoms with van der Waals surface area (Å²) in [5.74, 6) is 0.132. The summed E-state index contributed by atoms with van der Waals surface area (Å²) in [7, 11) is 2.94. The average molecular weight is 1010 g/mol. The number of ketones is 1. The lowest BCUT2D eigenvalue weighted by Crippen LogP contribution is -2.12. The quantitative estimate of drug-likeness (QED) is 0.0309. The van der Waals surface area contributed by atoms with Gasteiger partial charge in [0, 0.05) is 77.2 Å². The molecular formula is C53H53F2N3O11S2. The lowest BCUT2D eigenvalue weighted by atomic mass is 10.0. The molecule has 0 radical (unpaired) electrons. The van der Waals surface area contributed by atoms with Crippen LogP contribution in [-0.2, 0) is 0 Å². The first-order valence-corrected chi connectivity index (χ1v) is 24.1. The van der Waals surface area contributed by atoms with Gasteiger partial charge in [0.2, 0.25) is 0 Å². The van der Waals surface area contributed by atoms with Crippen molar-refractivity contribution in [3.05, 3.63) is 154 Å². The van der Waals surface area contributed by atoms with Crippen LogP contribution < -0.4 is 24.7 Å². The maximum Gasteiger partial charge on any atom is 0.335 e. The second-order valence-corrected chi connectivity index (χ2v) is 17.3. The van der Waals surface area contributed by atoms with Gasteiger partial charge in [-0.3, -0.25) is 9.78 Å². The molecule has 7 N–H and O–H groups in total. The number of ether oxygens (including phenoxy) is 4. The van der Waals surface area contributed by atoms with Gasteiger partial charge in [-0.2, -0.15) is 0 Å². The number of halogens is 2. The first-order valence-electron chi connectivity index (χ1n) is 22.3. The average Bonchev–Trinajstić information content (AvgIpc) is 4.05. The van der Waals surface area contributed by atoms with Gasteiger partial charge in [0.1, 0.15) is 17.7 Å². The van der Waals surface area contributed by atoms with E-state index >= 15 is 0 Å². The van der Waals surface area contributed by atoms with Gasteiger partial charge < -0.3 is 50.2 Å². The number of thiophene rings is 2. The maximum absolute atomic E-state index is 14.1. The number of aromatic nitrogens is 2. The number of methoxy groups -OCH3 is 2. The van der Waals surface area contributed by atoms with Crippen molar-refractivity contribution >= 4 is 54.6 Å². The smallest absolute Gasteiger partial charge is 0.335 e. The Labute approximate surface area is 416 Å². The van der Waals surface area contributed by atoms with Crippen LogP contribution in [0, 0.1) is 11.6 Å². The Balaban J connectivity index is 0.000000193. The number of fused-ring (bicyclic) bond motifs is 2. The number of carboxylic acid groups (broad SMARTS) is 1. The number of aliphatic hydroxyl groups excluding tert-OH is 4. The maximum atomic E-state index is 14.1. The Hall–Kier alpha value is -6.90. The number of nitrogens with two attached hydrogens (primary N) is 1. The summed E-state index contributed by atoms with van der Waals surface area (Å²) in [5.41, 5.74) is 10.1. The second kappa shape index (κ2) is 26.3. The topological polar surface area (TPSA) is 224 Å². The number of carbonyl (C=O) groups excluding carboxylic acids is 1. The third kappa shape index (κ3) is 13.9. The van der Waals surface area contributed by atoms with Crippen LogP contribution in [0.5, 0.6) is 23.0 Å². The van der Waals surface area contributed by atoms with E-state index in [-0.39, 0.29) is 55.6 Å². The summed E-state index contributed by atoms with van der Waals surface area (Å²) in [6.07, 6.45) is -0.376. The Kier molecular flexibility index (Phi) is 19.8. The lowest BCUT2D eigenvalue weighted by molar-refractivity contribution is 0.0696. The van der Waals surface area contributed by atoms with Gasteiger partial charge in [-0.1, -0.05) is 36.4 Å². The van der Waals surface area contributed by atoms with Gasteiger partial charge in [0.25, 0.3) is 0 Å². The summed E-state index contributed by atoms with van der Waals surface area (Å²) < 4.78 is 50.2. The number of aliphatic hydroxyl groups is 4. The van der Waals surface area contributed by atoms with Crippen molar-refractivity contribution in [1.82, 2.24) is 9.97 Å². The minimum absolute atomic E-state index is 0.0291. The molecule has 0 aliphatic rings. The molecule has 71 heavy (non-hydrogen) atoms.